The highest BCUT2D eigenvalue weighted by atomic mass is 16.2. The molecule has 2 atom stereocenters. The van der Waals surface area contributed by atoms with Gasteiger partial charge in [0.15, 0.2) is 0 Å². The fourth-order valence-electron chi connectivity index (χ4n) is 2.96. The van der Waals surface area contributed by atoms with Crippen LogP contribution in [0, 0.1) is 0 Å². The van der Waals surface area contributed by atoms with Crippen LogP contribution in [0.25, 0.3) is 0 Å². The number of nitrogens with one attached hydrogen (secondary N) is 2. The Morgan fingerprint density at radius 3 is 2.59 bits per heavy atom. The molecule has 3 heterocycles. The van der Waals surface area contributed by atoms with Crippen molar-refractivity contribution in [3.05, 3.63) is 0 Å². The summed E-state index contributed by atoms with van der Waals surface area (Å²) in [6, 6.07) is 0.703. The summed E-state index contributed by atoms with van der Waals surface area (Å²) < 4.78 is 0. The molecular weight excluding hydrogens is 220 g/mol. The fraction of sp³-hybridized carbons (Fsp3) is 0.727. The topological polar surface area (TPSA) is 73.8 Å². The molecule has 0 aromatic rings. The predicted molar refractivity (Wildman–Crippen MR) is 61.3 cm³/mol. The van der Waals surface area contributed by atoms with Crippen molar-refractivity contribution in [3.8, 4) is 0 Å². The molecular formula is C11H16N4O2. The Labute approximate surface area is 99.4 Å². The third-order valence-corrected chi connectivity index (χ3v) is 3.79. The monoisotopic (exact) mass is 236 g/mol. The van der Waals surface area contributed by atoms with Gasteiger partial charge in [0.2, 0.25) is 5.96 Å². The van der Waals surface area contributed by atoms with Crippen LogP contribution < -0.4 is 10.6 Å². The Balaban J connectivity index is 1.71. The van der Waals surface area contributed by atoms with Crippen LogP contribution in [-0.2, 0) is 9.59 Å². The van der Waals surface area contributed by atoms with Gasteiger partial charge < -0.3 is 0 Å². The quantitative estimate of drug-likeness (QED) is 0.586. The number of carbonyl (C=O) groups excluding carboxylic acids is 2. The summed E-state index contributed by atoms with van der Waals surface area (Å²) in [5.74, 6) is -0.887. The van der Waals surface area contributed by atoms with Crippen LogP contribution in [-0.4, -0.2) is 47.8 Å². The van der Waals surface area contributed by atoms with E-state index in [1.807, 2.05) is 0 Å². The zero-order chi connectivity index (χ0) is 11.8. The second kappa shape index (κ2) is 4.10. The summed E-state index contributed by atoms with van der Waals surface area (Å²) in [4.78, 5) is 29.0. The molecule has 92 valence electrons. The number of amides is 2. The van der Waals surface area contributed by atoms with Gasteiger partial charge in [0.1, 0.15) is 0 Å². The van der Waals surface area contributed by atoms with Crippen molar-refractivity contribution in [1.29, 1.82) is 0 Å². The van der Waals surface area contributed by atoms with Gasteiger partial charge in [-0.3, -0.25) is 25.1 Å². The van der Waals surface area contributed by atoms with E-state index in [1.165, 1.54) is 19.3 Å². The van der Waals surface area contributed by atoms with Crippen molar-refractivity contribution in [1.82, 2.24) is 15.5 Å². The van der Waals surface area contributed by atoms with Crippen LogP contribution in [0.1, 0.15) is 25.7 Å². The number of carbonyl (C=O) groups is 2. The van der Waals surface area contributed by atoms with E-state index in [0.717, 1.165) is 19.5 Å². The maximum absolute atomic E-state index is 11.0. The first-order valence-electron chi connectivity index (χ1n) is 6.18. The van der Waals surface area contributed by atoms with E-state index in [9.17, 15) is 9.59 Å². The lowest BCUT2D eigenvalue weighted by atomic mass is 9.99. The van der Waals surface area contributed by atoms with E-state index in [4.69, 9.17) is 0 Å². The molecule has 0 bridgehead atoms. The van der Waals surface area contributed by atoms with Crippen LogP contribution in [0.15, 0.2) is 4.99 Å². The lowest BCUT2D eigenvalue weighted by Gasteiger charge is -2.31. The fourth-order valence-corrected chi connectivity index (χ4v) is 2.96. The third kappa shape index (κ3) is 1.93. The van der Waals surface area contributed by atoms with Gasteiger partial charge in [0, 0.05) is 12.6 Å². The molecule has 2 N–H and O–H groups in total. The van der Waals surface area contributed by atoms with Gasteiger partial charge >= 0.3 is 11.8 Å². The van der Waals surface area contributed by atoms with Gasteiger partial charge in [-0.05, 0) is 25.8 Å². The molecule has 17 heavy (non-hydrogen) atoms. The minimum atomic E-state index is -0.609. The molecule has 3 aliphatic heterocycles. The molecule has 0 radical (unpaired) electrons. The number of aliphatic imine (C=N–C) groups is 1. The first-order chi connectivity index (χ1) is 8.24. The standard InChI is InChI=1S/C11H16N4O2/c16-9-10(17)14-11(13-9)12-7-4-6-15-5-2-1-3-8(7)15/h7-8H,1-6H2,(H2,12,13,14,16,17). The van der Waals surface area contributed by atoms with Crippen molar-refractivity contribution >= 4 is 17.8 Å². The van der Waals surface area contributed by atoms with Crippen LogP contribution in [0.5, 0.6) is 0 Å². The van der Waals surface area contributed by atoms with Crippen molar-refractivity contribution < 1.29 is 9.59 Å². The highest BCUT2D eigenvalue weighted by Gasteiger charge is 2.36. The van der Waals surface area contributed by atoms with Crippen LogP contribution in [0.2, 0.25) is 0 Å². The minimum absolute atomic E-state index is 0.212. The molecule has 0 aromatic carbocycles. The SMILES string of the molecule is O=C1NC(=NC2CCN3CCCCC23)NC1=O. The average Bonchev–Trinajstić information content (AvgIpc) is 2.85. The Morgan fingerprint density at radius 1 is 1.06 bits per heavy atom. The summed E-state index contributed by atoms with van der Waals surface area (Å²) in [7, 11) is 0. The summed E-state index contributed by atoms with van der Waals surface area (Å²) in [6.07, 6.45) is 4.71. The van der Waals surface area contributed by atoms with Gasteiger partial charge in [0.25, 0.3) is 0 Å². The maximum Gasteiger partial charge on any atom is 0.316 e. The van der Waals surface area contributed by atoms with Crippen LogP contribution in [0.4, 0.5) is 0 Å². The number of guanidine groups is 1. The molecule has 3 saturated heterocycles. The van der Waals surface area contributed by atoms with Gasteiger partial charge in [0.05, 0.1) is 6.04 Å². The molecule has 3 fully saturated rings. The second-order valence-electron chi connectivity index (χ2n) is 4.84. The number of nitrogens with zero attached hydrogens (tertiary/aromatic N) is 2. The Bertz CT molecular complexity index is 375. The van der Waals surface area contributed by atoms with E-state index in [0.29, 0.717) is 12.0 Å². The smallest absolute Gasteiger partial charge is 0.298 e. The molecule has 0 aromatic heterocycles. The number of fused-ring (bicyclic) bond motifs is 1. The van der Waals surface area contributed by atoms with Gasteiger partial charge in [-0.2, -0.15) is 0 Å². The van der Waals surface area contributed by atoms with Gasteiger partial charge in [-0.15, -0.1) is 0 Å². The average molecular weight is 236 g/mol. The highest BCUT2D eigenvalue weighted by Crippen LogP contribution is 2.29. The maximum atomic E-state index is 11.0. The predicted octanol–water partition coefficient (Wildman–Crippen LogP) is -0.785. The van der Waals surface area contributed by atoms with E-state index < -0.39 is 11.8 Å². The van der Waals surface area contributed by atoms with Crippen LogP contribution >= 0.6 is 0 Å². The molecule has 2 amide bonds. The number of piperidine rings is 1. The first-order valence-corrected chi connectivity index (χ1v) is 6.18. The third-order valence-electron chi connectivity index (χ3n) is 3.79. The van der Waals surface area contributed by atoms with Crippen molar-refractivity contribution in [2.24, 2.45) is 4.99 Å². The summed E-state index contributed by atoms with van der Waals surface area (Å²) in [6.45, 7) is 2.23. The molecule has 6 heteroatoms. The van der Waals surface area contributed by atoms with Crippen molar-refractivity contribution in [2.75, 3.05) is 13.1 Å². The first kappa shape index (κ1) is 10.7. The molecule has 0 saturated carbocycles. The van der Waals surface area contributed by atoms with Crippen molar-refractivity contribution in [3.63, 3.8) is 0 Å². The zero-order valence-corrected chi connectivity index (χ0v) is 9.61. The number of rotatable bonds is 1. The second-order valence-corrected chi connectivity index (χ2v) is 4.84. The van der Waals surface area contributed by atoms with Gasteiger partial charge in [-0.25, -0.2) is 4.99 Å². The van der Waals surface area contributed by atoms with E-state index >= 15 is 0 Å². The van der Waals surface area contributed by atoms with Gasteiger partial charge in [-0.1, -0.05) is 6.42 Å². The minimum Gasteiger partial charge on any atom is -0.298 e. The molecule has 3 rings (SSSR count). The van der Waals surface area contributed by atoms with E-state index in [1.54, 1.807) is 0 Å². The lowest BCUT2D eigenvalue weighted by Crippen LogP contribution is -2.39. The highest BCUT2D eigenvalue weighted by molar-refractivity contribution is 6.45. The Hall–Kier alpha value is -1.43. The van der Waals surface area contributed by atoms with E-state index in [-0.39, 0.29) is 6.04 Å². The Kier molecular flexibility index (Phi) is 2.58. The molecule has 2 unspecified atom stereocenters. The number of hydrogen-bond acceptors (Lipinski definition) is 4. The molecule has 0 aliphatic carbocycles. The molecule has 3 aliphatic rings. The normalized spacial score (nSPS) is 33.3. The lowest BCUT2D eigenvalue weighted by molar-refractivity contribution is -0.135. The summed E-state index contributed by atoms with van der Waals surface area (Å²) in [5.41, 5.74) is 0. The molecule has 6 nitrogen and oxygen atoms in total. The summed E-state index contributed by atoms with van der Waals surface area (Å²) >= 11 is 0. The summed E-state index contributed by atoms with van der Waals surface area (Å²) in [5, 5.41) is 4.92. The Morgan fingerprint density at radius 2 is 1.82 bits per heavy atom. The number of hydrogen-bond donors (Lipinski definition) is 2. The van der Waals surface area contributed by atoms with Crippen LogP contribution in [0.3, 0.4) is 0 Å². The largest absolute Gasteiger partial charge is 0.316 e. The zero-order valence-electron chi connectivity index (χ0n) is 9.61. The van der Waals surface area contributed by atoms with E-state index in [2.05, 4.69) is 20.5 Å². The molecule has 0 spiro atoms. The van der Waals surface area contributed by atoms with Crippen molar-refractivity contribution in [2.45, 2.75) is 37.8 Å².